The normalized spacial score (nSPS) is 13.9. The average molecular weight is 316 g/mol. The van der Waals surface area contributed by atoms with E-state index in [0.29, 0.717) is 6.04 Å². The van der Waals surface area contributed by atoms with Crippen LogP contribution < -0.4 is 5.32 Å². The van der Waals surface area contributed by atoms with Crippen molar-refractivity contribution < 1.29 is 0 Å². The van der Waals surface area contributed by atoms with Gasteiger partial charge in [0.15, 0.2) is 0 Å². The van der Waals surface area contributed by atoms with Gasteiger partial charge in [-0.25, -0.2) is 0 Å². The third kappa shape index (κ3) is 4.09. The fourth-order valence-corrected chi connectivity index (χ4v) is 2.33. The molecule has 1 rings (SSSR count). The molecule has 0 radical (unpaired) electrons. The van der Waals surface area contributed by atoms with E-state index in [4.69, 9.17) is 0 Å². The maximum absolute atomic E-state index is 4.66. The molecule has 0 aromatic carbocycles. The van der Waals surface area contributed by atoms with E-state index >= 15 is 0 Å². The van der Waals surface area contributed by atoms with Gasteiger partial charge in [0.2, 0.25) is 0 Å². The Bertz CT molecular complexity index is 390. The van der Waals surface area contributed by atoms with Gasteiger partial charge < -0.3 is 5.32 Å². The molecule has 1 N–H and O–H groups in total. The van der Waals surface area contributed by atoms with Crippen LogP contribution in [-0.2, 0) is 0 Å². The van der Waals surface area contributed by atoms with Crippen LogP contribution in [0.2, 0.25) is 0 Å². The summed E-state index contributed by atoms with van der Waals surface area (Å²) in [5.74, 6) is 0. The number of nitrogens with one attached hydrogen (secondary N) is 1. The summed E-state index contributed by atoms with van der Waals surface area (Å²) in [5.41, 5.74) is 2.45. The monoisotopic (exact) mass is 315 g/mol. The zero-order chi connectivity index (χ0) is 13.9. The van der Waals surface area contributed by atoms with E-state index in [2.05, 4.69) is 65.6 Å². The molecule has 0 aliphatic carbocycles. The Kier molecular flexibility index (Phi) is 5.41. The van der Waals surface area contributed by atoms with E-state index < -0.39 is 0 Å². The van der Waals surface area contributed by atoms with Crippen LogP contribution in [0.5, 0.6) is 0 Å². The Balaban J connectivity index is 2.87. The lowest BCUT2D eigenvalue weighted by molar-refractivity contribution is 0.332. The van der Waals surface area contributed by atoms with E-state index in [1.165, 1.54) is 12.1 Å². The second-order valence-electron chi connectivity index (χ2n) is 6.00. The van der Waals surface area contributed by atoms with E-state index in [1.54, 1.807) is 0 Å². The highest BCUT2D eigenvalue weighted by atomic mass is 79.9. The Morgan fingerprint density at radius 2 is 1.94 bits per heavy atom. The van der Waals surface area contributed by atoms with Gasteiger partial charge in [-0.1, -0.05) is 13.3 Å². The fraction of sp³-hybridized carbons (Fsp3) is 0.786. The van der Waals surface area contributed by atoms with E-state index in [1.807, 2.05) is 6.92 Å². The fourth-order valence-electron chi connectivity index (χ4n) is 2.07. The number of hydrogen-bond donors (Lipinski definition) is 1. The van der Waals surface area contributed by atoms with Crippen molar-refractivity contribution >= 4 is 15.9 Å². The molecule has 18 heavy (non-hydrogen) atoms. The highest BCUT2D eigenvalue weighted by Gasteiger charge is 2.19. The quantitative estimate of drug-likeness (QED) is 0.890. The first-order valence-corrected chi connectivity index (χ1v) is 7.51. The minimum absolute atomic E-state index is 0.152. The molecule has 3 nitrogen and oxygen atoms in total. The molecule has 0 saturated carbocycles. The predicted molar refractivity (Wildman–Crippen MR) is 81.1 cm³/mol. The molecular weight excluding hydrogens is 290 g/mol. The number of hydrogen-bond acceptors (Lipinski definition) is 2. The first-order chi connectivity index (χ1) is 8.26. The molecule has 1 aromatic rings. The van der Waals surface area contributed by atoms with Gasteiger partial charge in [-0.15, -0.1) is 0 Å². The molecular formula is C14H26BrN3. The molecule has 0 saturated heterocycles. The largest absolute Gasteiger partial charge is 0.310 e. The minimum Gasteiger partial charge on any atom is -0.310 e. The first kappa shape index (κ1) is 15.7. The number of nitrogens with zero attached hydrogens (tertiary/aromatic N) is 2. The maximum atomic E-state index is 4.66. The summed E-state index contributed by atoms with van der Waals surface area (Å²) in [5, 5.41) is 8.24. The molecule has 0 bridgehead atoms. The van der Waals surface area contributed by atoms with Crippen LogP contribution in [0.25, 0.3) is 0 Å². The van der Waals surface area contributed by atoms with Crippen LogP contribution in [0.3, 0.4) is 0 Å². The van der Waals surface area contributed by atoms with Crippen molar-refractivity contribution in [2.45, 2.75) is 66.0 Å². The van der Waals surface area contributed by atoms with E-state index in [-0.39, 0.29) is 5.54 Å². The van der Waals surface area contributed by atoms with Crippen molar-refractivity contribution in [3.8, 4) is 0 Å². The van der Waals surface area contributed by atoms with Crippen LogP contribution in [0, 0.1) is 13.8 Å². The molecule has 4 heteroatoms. The molecule has 1 atom stereocenters. The summed E-state index contributed by atoms with van der Waals surface area (Å²) < 4.78 is 3.31. The molecule has 1 unspecified atom stereocenters. The van der Waals surface area contributed by atoms with Crippen molar-refractivity contribution in [1.29, 1.82) is 0 Å². The number of halogens is 1. The maximum Gasteiger partial charge on any atom is 0.0738 e. The lowest BCUT2D eigenvalue weighted by atomic mass is 10.1. The van der Waals surface area contributed by atoms with Gasteiger partial charge in [-0.2, -0.15) is 5.10 Å². The molecule has 0 aliphatic rings. The topological polar surface area (TPSA) is 29.9 Å². The molecule has 0 fully saturated rings. The van der Waals surface area contributed by atoms with Crippen molar-refractivity contribution in [3.63, 3.8) is 0 Å². The summed E-state index contributed by atoms with van der Waals surface area (Å²) in [6.07, 6.45) is 2.32. The van der Waals surface area contributed by atoms with Crippen LogP contribution in [0.4, 0.5) is 0 Å². The van der Waals surface area contributed by atoms with E-state index in [0.717, 1.165) is 23.1 Å². The number of aryl methyl sites for hydroxylation is 1. The standard InChI is InChI=1S/C14H26BrN3/c1-7-8-12(9-16-14(4,5)6)18-11(3)13(15)10(2)17-18/h12,16H,7-9H2,1-6H3. The van der Waals surface area contributed by atoms with Gasteiger partial charge in [0.1, 0.15) is 0 Å². The molecule has 1 aromatic heterocycles. The van der Waals surface area contributed by atoms with Crippen LogP contribution in [-0.4, -0.2) is 21.9 Å². The number of rotatable bonds is 5. The molecule has 104 valence electrons. The third-order valence-corrected chi connectivity index (χ3v) is 4.22. The van der Waals surface area contributed by atoms with E-state index in [9.17, 15) is 0 Å². The summed E-state index contributed by atoms with van der Waals surface area (Å²) in [7, 11) is 0. The lowest BCUT2D eigenvalue weighted by Gasteiger charge is -2.26. The Hall–Kier alpha value is -0.350. The second-order valence-corrected chi connectivity index (χ2v) is 6.80. The van der Waals surface area contributed by atoms with Gasteiger partial charge in [0.05, 0.1) is 21.9 Å². The minimum atomic E-state index is 0.152. The van der Waals surface area contributed by atoms with Crippen molar-refractivity contribution in [2.24, 2.45) is 0 Å². The van der Waals surface area contributed by atoms with Crippen LogP contribution in [0.15, 0.2) is 4.47 Å². The van der Waals surface area contributed by atoms with Crippen LogP contribution >= 0.6 is 15.9 Å². The van der Waals surface area contributed by atoms with Gasteiger partial charge in [0.25, 0.3) is 0 Å². The van der Waals surface area contributed by atoms with Crippen molar-refractivity contribution in [1.82, 2.24) is 15.1 Å². The van der Waals surface area contributed by atoms with Crippen molar-refractivity contribution in [2.75, 3.05) is 6.54 Å². The molecule has 0 amide bonds. The van der Waals surface area contributed by atoms with Gasteiger partial charge >= 0.3 is 0 Å². The summed E-state index contributed by atoms with van der Waals surface area (Å²) in [4.78, 5) is 0. The summed E-state index contributed by atoms with van der Waals surface area (Å²) in [6.45, 7) is 14.0. The van der Waals surface area contributed by atoms with Crippen LogP contribution in [0.1, 0.15) is 58.0 Å². The second kappa shape index (κ2) is 6.20. The van der Waals surface area contributed by atoms with Gasteiger partial charge in [-0.3, -0.25) is 4.68 Å². The smallest absolute Gasteiger partial charge is 0.0738 e. The molecule has 0 spiro atoms. The third-order valence-electron chi connectivity index (χ3n) is 3.07. The average Bonchev–Trinajstić information content (AvgIpc) is 2.51. The van der Waals surface area contributed by atoms with Gasteiger partial charge in [-0.05, 0) is 57.0 Å². The SMILES string of the molecule is CCCC(CNC(C)(C)C)n1nc(C)c(Br)c1C. The highest BCUT2D eigenvalue weighted by molar-refractivity contribution is 9.10. The lowest BCUT2D eigenvalue weighted by Crippen LogP contribution is -2.40. The van der Waals surface area contributed by atoms with Crippen molar-refractivity contribution in [3.05, 3.63) is 15.9 Å². The number of aromatic nitrogens is 2. The Morgan fingerprint density at radius 1 is 1.33 bits per heavy atom. The summed E-state index contributed by atoms with van der Waals surface area (Å²) >= 11 is 3.61. The highest BCUT2D eigenvalue weighted by Crippen LogP contribution is 2.24. The zero-order valence-corrected chi connectivity index (χ0v) is 14.1. The summed E-state index contributed by atoms with van der Waals surface area (Å²) in [6, 6.07) is 0.430. The Labute approximate surface area is 119 Å². The zero-order valence-electron chi connectivity index (χ0n) is 12.5. The molecule has 0 aliphatic heterocycles. The Morgan fingerprint density at radius 3 is 2.33 bits per heavy atom. The molecule has 1 heterocycles. The first-order valence-electron chi connectivity index (χ1n) is 6.72. The van der Waals surface area contributed by atoms with Gasteiger partial charge in [0, 0.05) is 12.1 Å². The predicted octanol–water partition coefficient (Wildman–Crippen LogP) is 3.99.